The third-order valence-corrected chi connectivity index (χ3v) is 3.37. The molecule has 0 radical (unpaired) electrons. The second-order valence-corrected chi connectivity index (χ2v) is 4.35. The predicted octanol–water partition coefficient (Wildman–Crippen LogP) is 0.626. The van der Waals surface area contributed by atoms with Gasteiger partial charge in [0, 0.05) is 0 Å². The van der Waals surface area contributed by atoms with Crippen LogP contribution in [0, 0.1) is 0 Å². The number of benzene rings is 1. The summed E-state index contributed by atoms with van der Waals surface area (Å²) in [5, 5.41) is 0. The Morgan fingerprint density at radius 3 is 2.05 bits per heavy atom. The number of methoxy groups -OCH3 is 1. The highest BCUT2D eigenvalue weighted by Gasteiger charge is 2.64. The SMILES string of the molecule is COC(=O)C1(N2C(=O)c3ccccc3C2=O)N=C1C. The van der Waals surface area contributed by atoms with Crippen LogP contribution in [-0.4, -0.2) is 41.2 Å². The number of nitrogens with zero attached hydrogens (tertiary/aromatic N) is 2. The van der Waals surface area contributed by atoms with Crippen LogP contribution in [0.25, 0.3) is 0 Å². The molecule has 0 N–H and O–H groups in total. The Morgan fingerprint density at radius 2 is 1.68 bits per heavy atom. The van der Waals surface area contributed by atoms with Crippen molar-refractivity contribution >= 4 is 23.5 Å². The molecule has 96 valence electrons. The average Bonchev–Trinajstić information content (AvgIpc) is 3.02. The van der Waals surface area contributed by atoms with Crippen molar-refractivity contribution in [1.29, 1.82) is 0 Å². The van der Waals surface area contributed by atoms with E-state index in [1.54, 1.807) is 31.2 Å². The first-order valence-corrected chi connectivity index (χ1v) is 5.67. The molecule has 0 saturated carbocycles. The first kappa shape index (κ1) is 11.6. The van der Waals surface area contributed by atoms with Crippen LogP contribution in [0.5, 0.6) is 0 Å². The monoisotopic (exact) mass is 258 g/mol. The number of ether oxygens (including phenoxy) is 1. The summed E-state index contributed by atoms with van der Waals surface area (Å²) < 4.78 is 4.66. The van der Waals surface area contributed by atoms with E-state index in [4.69, 9.17) is 0 Å². The van der Waals surface area contributed by atoms with Gasteiger partial charge in [0.15, 0.2) is 0 Å². The molecule has 2 amide bonds. The molecule has 1 unspecified atom stereocenters. The van der Waals surface area contributed by atoms with Crippen LogP contribution in [0.2, 0.25) is 0 Å². The van der Waals surface area contributed by atoms with Crippen LogP contribution in [0.4, 0.5) is 0 Å². The highest BCUT2D eigenvalue weighted by atomic mass is 16.5. The van der Waals surface area contributed by atoms with Crippen LogP contribution >= 0.6 is 0 Å². The zero-order valence-corrected chi connectivity index (χ0v) is 10.3. The first-order chi connectivity index (χ1) is 9.04. The Labute approximate surface area is 108 Å². The van der Waals surface area contributed by atoms with Gasteiger partial charge in [-0.1, -0.05) is 12.1 Å². The van der Waals surface area contributed by atoms with Crippen molar-refractivity contribution < 1.29 is 19.1 Å². The maximum Gasteiger partial charge on any atom is 0.361 e. The Kier molecular flexibility index (Phi) is 2.14. The van der Waals surface area contributed by atoms with E-state index in [0.717, 1.165) is 4.90 Å². The van der Waals surface area contributed by atoms with Crippen LogP contribution < -0.4 is 0 Å². The lowest BCUT2D eigenvalue weighted by atomic mass is 10.1. The molecule has 1 aromatic carbocycles. The van der Waals surface area contributed by atoms with Gasteiger partial charge in [-0.25, -0.2) is 14.7 Å². The average molecular weight is 258 g/mol. The lowest BCUT2D eigenvalue weighted by Gasteiger charge is -2.22. The summed E-state index contributed by atoms with van der Waals surface area (Å²) >= 11 is 0. The predicted molar refractivity (Wildman–Crippen MR) is 64.8 cm³/mol. The Balaban J connectivity index is 2.08. The molecule has 0 fully saturated rings. The molecule has 3 rings (SSSR count). The zero-order valence-electron chi connectivity index (χ0n) is 10.3. The minimum absolute atomic E-state index is 0.283. The summed E-state index contributed by atoms with van der Waals surface area (Å²) in [6.07, 6.45) is 0. The molecule has 2 aliphatic rings. The lowest BCUT2D eigenvalue weighted by molar-refractivity contribution is -0.146. The molecule has 6 heteroatoms. The molecule has 6 nitrogen and oxygen atoms in total. The zero-order chi connectivity index (χ0) is 13.8. The number of aliphatic imine (C=N–C) groups is 1. The molecule has 19 heavy (non-hydrogen) atoms. The highest BCUT2D eigenvalue weighted by molar-refractivity contribution is 6.31. The smallest absolute Gasteiger partial charge is 0.361 e. The topological polar surface area (TPSA) is 76.0 Å². The van der Waals surface area contributed by atoms with Crippen molar-refractivity contribution in [2.45, 2.75) is 12.6 Å². The van der Waals surface area contributed by atoms with Crippen molar-refractivity contribution in [1.82, 2.24) is 4.90 Å². The van der Waals surface area contributed by atoms with E-state index in [2.05, 4.69) is 9.73 Å². The van der Waals surface area contributed by atoms with Crippen molar-refractivity contribution in [2.75, 3.05) is 7.11 Å². The second kappa shape index (κ2) is 3.50. The molecule has 0 bridgehead atoms. The van der Waals surface area contributed by atoms with Gasteiger partial charge in [0.05, 0.1) is 23.9 Å². The van der Waals surface area contributed by atoms with Crippen molar-refractivity contribution in [3.05, 3.63) is 35.4 Å². The summed E-state index contributed by atoms with van der Waals surface area (Å²) in [6.45, 7) is 1.58. The van der Waals surface area contributed by atoms with E-state index >= 15 is 0 Å². The van der Waals surface area contributed by atoms with E-state index in [1.807, 2.05) is 0 Å². The molecule has 1 aromatic rings. The molecular formula is C13H10N2O4. The number of fused-ring (bicyclic) bond motifs is 1. The number of carbonyl (C=O) groups excluding carboxylic acids is 3. The van der Waals surface area contributed by atoms with E-state index < -0.39 is 23.4 Å². The van der Waals surface area contributed by atoms with Crippen molar-refractivity contribution in [3.8, 4) is 0 Å². The fourth-order valence-corrected chi connectivity index (χ4v) is 2.34. The van der Waals surface area contributed by atoms with Gasteiger partial charge in [0.1, 0.15) is 0 Å². The fourth-order valence-electron chi connectivity index (χ4n) is 2.34. The van der Waals surface area contributed by atoms with Gasteiger partial charge in [-0.2, -0.15) is 0 Å². The quantitative estimate of drug-likeness (QED) is 0.575. The Morgan fingerprint density at radius 1 is 1.21 bits per heavy atom. The summed E-state index contributed by atoms with van der Waals surface area (Å²) in [6, 6.07) is 6.44. The van der Waals surface area contributed by atoms with Gasteiger partial charge in [-0.05, 0) is 19.1 Å². The minimum Gasteiger partial charge on any atom is -0.465 e. The third kappa shape index (κ3) is 1.25. The van der Waals surface area contributed by atoms with E-state index in [-0.39, 0.29) is 11.1 Å². The van der Waals surface area contributed by atoms with E-state index in [1.165, 1.54) is 7.11 Å². The number of amides is 2. The first-order valence-electron chi connectivity index (χ1n) is 5.67. The van der Waals surface area contributed by atoms with Gasteiger partial charge in [0.25, 0.3) is 17.5 Å². The van der Waals surface area contributed by atoms with Crippen molar-refractivity contribution in [3.63, 3.8) is 0 Å². The molecule has 0 aromatic heterocycles. The summed E-state index contributed by atoms with van der Waals surface area (Å²) in [4.78, 5) is 41.2. The van der Waals surface area contributed by atoms with Crippen LogP contribution in [0.15, 0.2) is 29.3 Å². The summed E-state index contributed by atoms with van der Waals surface area (Å²) in [7, 11) is 1.20. The Hall–Kier alpha value is -2.50. The standard InChI is InChI=1S/C13H10N2O4/c1-7-13(14-7,12(18)19-2)15-10(16)8-5-3-4-6-9(8)11(15)17/h3-6H,1-2H3. The van der Waals surface area contributed by atoms with Crippen LogP contribution in [-0.2, 0) is 9.53 Å². The molecule has 2 heterocycles. The number of carbonyl (C=O) groups is 3. The largest absolute Gasteiger partial charge is 0.465 e. The fraction of sp³-hybridized carbons (Fsp3) is 0.231. The van der Waals surface area contributed by atoms with E-state index in [9.17, 15) is 14.4 Å². The van der Waals surface area contributed by atoms with Gasteiger partial charge in [-0.15, -0.1) is 0 Å². The molecule has 0 spiro atoms. The van der Waals surface area contributed by atoms with Crippen LogP contribution in [0.1, 0.15) is 27.6 Å². The number of rotatable bonds is 2. The molecule has 0 saturated heterocycles. The lowest BCUT2D eigenvalue weighted by Crippen LogP contribution is -2.51. The summed E-state index contributed by atoms with van der Waals surface area (Å²) in [5.41, 5.74) is -0.604. The number of hydrogen-bond donors (Lipinski definition) is 0. The molecule has 1 atom stereocenters. The normalized spacial score (nSPS) is 24.1. The maximum absolute atomic E-state index is 12.3. The van der Waals surface area contributed by atoms with Gasteiger partial charge in [-0.3, -0.25) is 9.59 Å². The second-order valence-electron chi connectivity index (χ2n) is 4.35. The number of hydrogen-bond acceptors (Lipinski definition) is 5. The maximum atomic E-state index is 12.3. The number of esters is 1. The molecular weight excluding hydrogens is 248 g/mol. The van der Waals surface area contributed by atoms with Gasteiger partial charge >= 0.3 is 5.97 Å². The van der Waals surface area contributed by atoms with Crippen molar-refractivity contribution in [2.24, 2.45) is 4.99 Å². The van der Waals surface area contributed by atoms with E-state index in [0.29, 0.717) is 5.71 Å². The van der Waals surface area contributed by atoms with Gasteiger partial charge in [0.2, 0.25) is 0 Å². The van der Waals surface area contributed by atoms with Crippen LogP contribution in [0.3, 0.4) is 0 Å². The highest BCUT2D eigenvalue weighted by Crippen LogP contribution is 2.39. The van der Waals surface area contributed by atoms with Gasteiger partial charge < -0.3 is 4.74 Å². The third-order valence-electron chi connectivity index (χ3n) is 3.37. The Bertz CT molecular complexity index is 629. The summed E-state index contributed by atoms with van der Waals surface area (Å²) in [5.74, 6) is -1.77. The molecule has 0 aliphatic carbocycles. The number of imide groups is 1. The molecule has 2 aliphatic heterocycles. The minimum atomic E-state index is -1.57.